The minimum absolute atomic E-state index is 0.0857. The molecule has 0 saturated carbocycles. The van der Waals surface area contributed by atoms with Crippen LogP contribution in [0.4, 0.5) is 24.7 Å². The second kappa shape index (κ2) is 10.3. The van der Waals surface area contributed by atoms with E-state index in [1.807, 2.05) is 0 Å². The van der Waals surface area contributed by atoms with Crippen molar-refractivity contribution in [2.24, 2.45) is 5.92 Å². The molecule has 186 valence electrons. The van der Waals surface area contributed by atoms with Crippen molar-refractivity contribution in [3.8, 4) is 0 Å². The molecule has 1 N–H and O–H groups in total. The summed E-state index contributed by atoms with van der Waals surface area (Å²) in [6.45, 7) is 6.28. The summed E-state index contributed by atoms with van der Waals surface area (Å²) in [6.07, 6.45) is -2.21. The lowest BCUT2D eigenvalue weighted by molar-refractivity contribution is -0.137. The van der Waals surface area contributed by atoms with Crippen LogP contribution in [-0.4, -0.2) is 49.8 Å². The molecule has 1 fully saturated rings. The van der Waals surface area contributed by atoms with Crippen molar-refractivity contribution in [2.45, 2.75) is 44.7 Å². The summed E-state index contributed by atoms with van der Waals surface area (Å²) in [5.41, 5.74) is 0.0525. The first kappa shape index (κ1) is 26.0. The predicted molar refractivity (Wildman–Crippen MR) is 124 cm³/mol. The molecule has 2 aromatic rings. The SMILES string of the molecule is CCN(CC)S(=O)(=O)c1cc(NC(=O)C2CCCN(c3ncccc3C(F)(F)F)C2)ccc1C. The van der Waals surface area contributed by atoms with Crippen LogP contribution in [0.25, 0.3) is 0 Å². The molecule has 1 aliphatic heterocycles. The number of aromatic nitrogens is 1. The Kier molecular flexibility index (Phi) is 7.87. The number of hydrogen-bond acceptors (Lipinski definition) is 5. The van der Waals surface area contributed by atoms with Gasteiger partial charge in [-0.2, -0.15) is 17.5 Å². The molecule has 7 nitrogen and oxygen atoms in total. The first-order valence-corrected chi connectivity index (χ1v) is 12.6. The van der Waals surface area contributed by atoms with E-state index in [9.17, 15) is 26.4 Å². The molecule has 1 aromatic heterocycles. The number of hydrogen-bond donors (Lipinski definition) is 1. The van der Waals surface area contributed by atoms with E-state index < -0.39 is 27.7 Å². The molecule has 0 spiro atoms. The van der Waals surface area contributed by atoms with Crippen LogP contribution in [0.3, 0.4) is 0 Å². The number of piperidine rings is 1. The highest BCUT2D eigenvalue weighted by atomic mass is 32.2. The Morgan fingerprint density at radius 3 is 2.59 bits per heavy atom. The Labute approximate surface area is 198 Å². The highest BCUT2D eigenvalue weighted by Crippen LogP contribution is 2.36. The molecule has 1 unspecified atom stereocenters. The number of alkyl halides is 3. The average molecular weight is 499 g/mol. The normalized spacial score (nSPS) is 17.1. The summed E-state index contributed by atoms with van der Waals surface area (Å²) >= 11 is 0. The van der Waals surface area contributed by atoms with Crippen LogP contribution in [-0.2, 0) is 21.0 Å². The maximum atomic E-state index is 13.4. The summed E-state index contributed by atoms with van der Waals surface area (Å²) in [6, 6.07) is 6.90. The van der Waals surface area contributed by atoms with Gasteiger partial charge in [0.15, 0.2) is 0 Å². The summed E-state index contributed by atoms with van der Waals surface area (Å²) < 4.78 is 67.6. The molecular weight excluding hydrogens is 469 g/mol. The highest BCUT2D eigenvalue weighted by molar-refractivity contribution is 7.89. The third kappa shape index (κ3) is 5.52. The van der Waals surface area contributed by atoms with Gasteiger partial charge in [-0.3, -0.25) is 4.79 Å². The van der Waals surface area contributed by atoms with E-state index in [1.54, 1.807) is 32.9 Å². The van der Waals surface area contributed by atoms with E-state index >= 15 is 0 Å². The van der Waals surface area contributed by atoms with Gasteiger partial charge in [-0.05, 0) is 49.6 Å². The van der Waals surface area contributed by atoms with Crippen LogP contribution in [0.5, 0.6) is 0 Å². The lowest BCUT2D eigenvalue weighted by atomic mass is 9.96. The smallest absolute Gasteiger partial charge is 0.355 e. The van der Waals surface area contributed by atoms with Crippen molar-refractivity contribution < 1.29 is 26.4 Å². The van der Waals surface area contributed by atoms with Gasteiger partial charge < -0.3 is 10.2 Å². The predicted octanol–water partition coefficient (Wildman–Crippen LogP) is 4.29. The zero-order valence-electron chi connectivity index (χ0n) is 19.4. The third-order valence-corrected chi connectivity index (χ3v) is 8.15. The molecule has 1 amide bonds. The van der Waals surface area contributed by atoms with Crippen LogP contribution >= 0.6 is 0 Å². The quantitative estimate of drug-likeness (QED) is 0.616. The zero-order valence-corrected chi connectivity index (χ0v) is 20.2. The first-order chi connectivity index (χ1) is 16.0. The Bertz CT molecular complexity index is 1130. The van der Waals surface area contributed by atoms with Gasteiger partial charge in [-0.15, -0.1) is 0 Å². The van der Waals surface area contributed by atoms with Crippen molar-refractivity contribution >= 4 is 27.4 Å². The second-order valence-electron chi connectivity index (χ2n) is 8.22. The van der Waals surface area contributed by atoms with Crippen LogP contribution in [0.2, 0.25) is 0 Å². The summed E-state index contributed by atoms with van der Waals surface area (Å²) in [5, 5.41) is 2.75. The maximum Gasteiger partial charge on any atom is 0.419 e. The van der Waals surface area contributed by atoms with E-state index in [0.717, 1.165) is 6.07 Å². The van der Waals surface area contributed by atoms with Gasteiger partial charge in [-0.25, -0.2) is 13.4 Å². The number of nitrogens with zero attached hydrogens (tertiary/aromatic N) is 3. The molecule has 1 aromatic carbocycles. The van der Waals surface area contributed by atoms with Crippen molar-refractivity contribution in [1.82, 2.24) is 9.29 Å². The Morgan fingerprint density at radius 1 is 1.24 bits per heavy atom. The Balaban J connectivity index is 1.80. The van der Waals surface area contributed by atoms with E-state index in [4.69, 9.17) is 0 Å². The number of halogens is 3. The lowest BCUT2D eigenvalue weighted by Crippen LogP contribution is -2.42. The van der Waals surface area contributed by atoms with Crippen molar-refractivity contribution in [3.63, 3.8) is 0 Å². The number of pyridine rings is 1. The first-order valence-electron chi connectivity index (χ1n) is 11.2. The van der Waals surface area contributed by atoms with Crippen molar-refractivity contribution in [1.29, 1.82) is 0 Å². The molecule has 0 aliphatic carbocycles. The summed E-state index contributed by atoms with van der Waals surface area (Å²) in [7, 11) is -3.72. The molecule has 34 heavy (non-hydrogen) atoms. The molecule has 2 heterocycles. The van der Waals surface area contributed by atoms with Gasteiger partial charge in [-0.1, -0.05) is 19.9 Å². The number of sulfonamides is 1. The number of amides is 1. The molecule has 3 rings (SSSR count). The largest absolute Gasteiger partial charge is 0.419 e. The number of aryl methyl sites for hydroxylation is 1. The molecular formula is C23H29F3N4O3S. The van der Waals surface area contributed by atoms with Gasteiger partial charge >= 0.3 is 6.18 Å². The minimum Gasteiger partial charge on any atom is -0.355 e. The van der Waals surface area contributed by atoms with Gasteiger partial charge in [0.25, 0.3) is 0 Å². The van der Waals surface area contributed by atoms with Crippen LogP contribution in [0.15, 0.2) is 41.4 Å². The molecule has 1 atom stereocenters. The molecule has 0 bridgehead atoms. The monoisotopic (exact) mass is 498 g/mol. The van der Waals surface area contributed by atoms with Crippen LogP contribution in [0.1, 0.15) is 37.8 Å². The lowest BCUT2D eigenvalue weighted by Gasteiger charge is -2.34. The van der Waals surface area contributed by atoms with E-state index in [-0.39, 0.29) is 23.2 Å². The number of carbonyl (C=O) groups excluding carboxylic acids is 1. The number of rotatable bonds is 7. The molecule has 1 aliphatic rings. The zero-order chi connectivity index (χ0) is 25.1. The standard InChI is InChI=1S/C23H29F3N4O3S/c1-4-30(5-2)34(32,33)20-14-18(11-10-16(20)3)28-22(31)17-8-7-13-29(15-17)21-19(23(24,25)26)9-6-12-27-21/h6,9-12,14,17H,4-5,7-8,13,15H2,1-3H3,(H,28,31). The fraction of sp³-hybridized carbons (Fsp3) is 0.478. The summed E-state index contributed by atoms with van der Waals surface area (Å²) in [5.74, 6) is -1.12. The minimum atomic E-state index is -4.55. The number of benzene rings is 1. The average Bonchev–Trinajstić information content (AvgIpc) is 2.80. The number of nitrogens with one attached hydrogen (secondary N) is 1. The third-order valence-electron chi connectivity index (χ3n) is 5.96. The van der Waals surface area contributed by atoms with Gasteiger partial charge in [0.1, 0.15) is 5.82 Å². The van der Waals surface area contributed by atoms with Crippen LogP contribution < -0.4 is 10.2 Å². The van der Waals surface area contributed by atoms with Crippen LogP contribution in [0, 0.1) is 12.8 Å². The highest BCUT2D eigenvalue weighted by Gasteiger charge is 2.37. The second-order valence-corrected chi connectivity index (χ2v) is 10.1. The van der Waals surface area contributed by atoms with Crippen molar-refractivity contribution in [2.75, 3.05) is 36.4 Å². The number of carbonyl (C=O) groups is 1. The van der Waals surface area contributed by atoms with E-state index in [0.29, 0.717) is 43.7 Å². The Hall–Kier alpha value is -2.66. The molecule has 11 heteroatoms. The topological polar surface area (TPSA) is 82.6 Å². The Morgan fingerprint density at radius 2 is 1.94 bits per heavy atom. The number of anilines is 2. The van der Waals surface area contributed by atoms with E-state index in [2.05, 4.69) is 10.3 Å². The van der Waals surface area contributed by atoms with Crippen molar-refractivity contribution in [3.05, 3.63) is 47.7 Å². The molecule has 1 saturated heterocycles. The maximum absolute atomic E-state index is 13.4. The van der Waals surface area contributed by atoms with Gasteiger partial charge in [0.05, 0.1) is 16.4 Å². The fourth-order valence-corrected chi connectivity index (χ4v) is 5.87. The fourth-order valence-electron chi connectivity index (χ4n) is 4.16. The van der Waals surface area contributed by atoms with Gasteiger partial charge in [0.2, 0.25) is 15.9 Å². The van der Waals surface area contributed by atoms with E-state index in [1.165, 1.54) is 27.5 Å². The van der Waals surface area contributed by atoms with Gasteiger partial charge in [0, 0.05) is 38.1 Å². The molecule has 0 radical (unpaired) electrons. The summed E-state index contributed by atoms with van der Waals surface area (Å²) in [4.78, 5) is 18.5.